The standard InChI is InChI=1S/C15H19FN2O2.ClH/c16-11-3-1-2-10(8-11)12-9-13(12)18-14(19)15(17)4-6-20-7-5-15;/h1-3,8,12-13H,4-7,9,17H2,(H,18,19);1H. The van der Waals surface area contributed by atoms with Gasteiger partial charge < -0.3 is 15.8 Å². The van der Waals surface area contributed by atoms with Gasteiger partial charge in [-0.15, -0.1) is 12.4 Å². The Morgan fingerprint density at radius 3 is 2.76 bits per heavy atom. The van der Waals surface area contributed by atoms with Crippen molar-refractivity contribution in [1.82, 2.24) is 5.32 Å². The first-order valence-electron chi connectivity index (χ1n) is 7.01. The van der Waals surface area contributed by atoms with Gasteiger partial charge in [-0.25, -0.2) is 4.39 Å². The molecule has 116 valence electrons. The number of rotatable bonds is 3. The van der Waals surface area contributed by atoms with Crippen molar-refractivity contribution in [3.8, 4) is 0 Å². The van der Waals surface area contributed by atoms with Crippen LogP contribution in [0.2, 0.25) is 0 Å². The molecule has 1 amide bonds. The van der Waals surface area contributed by atoms with E-state index in [-0.39, 0.29) is 36.1 Å². The monoisotopic (exact) mass is 314 g/mol. The third-order valence-corrected chi connectivity index (χ3v) is 4.22. The van der Waals surface area contributed by atoms with Crippen molar-refractivity contribution in [2.24, 2.45) is 5.73 Å². The molecule has 0 bridgehead atoms. The first kappa shape index (κ1) is 16.2. The topological polar surface area (TPSA) is 64.4 Å². The molecule has 2 aliphatic rings. The lowest BCUT2D eigenvalue weighted by atomic mass is 9.90. The SMILES string of the molecule is Cl.NC1(C(=O)NC2CC2c2cccc(F)c2)CCOCC1. The Kier molecular flexibility index (Phi) is 4.86. The number of amides is 1. The number of hydrogen-bond acceptors (Lipinski definition) is 3. The molecule has 2 unspecified atom stereocenters. The Morgan fingerprint density at radius 2 is 2.10 bits per heavy atom. The van der Waals surface area contributed by atoms with Crippen LogP contribution in [-0.4, -0.2) is 30.7 Å². The number of carbonyl (C=O) groups is 1. The van der Waals surface area contributed by atoms with Crippen LogP contribution < -0.4 is 11.1 Å². The van der Waals surface area contributed by atoms with Crippen LogP contribution in [0.1, 0.15) is 30.7 Å². The van der Waals surface area contributed by atoms with Crippen LogP contribution in [0.3, 0.4) is 0 Å². The van der Waals surface area contributed by atoms with Crippen LogP contribution >= 0.6 is 12.4 Å². The predicted octanol–water partition coefficient (Wildman–Crippen LogP) is 1.73. The van der Waals surface area contributed by atoms with Gasteiger partial charge >= 0.3 is 0 Å². The molecule has 0 spiro atoms. The van der Waals surface area contributed by atoms with Crippen LogP contribution in [-0.2, 0) is 9.53 Å². The Bertz CT molecular complexity index is 520. The molecule has 0 radical (unpaired) electrons. The van der Waals surface area contributed by atoms with Gasteiger partial charge in [-0.05, 0) is 37.0 Å². The fourth-order valence-corrected chi connectivity index (χ4v) is 2.73. The molecule has 6 heteroatoms. The van der Waals surface area contributed by atoms with Crippen molar-refractivity contribution in [3.05, 3.63) is 35.6 Å². The van der Waals surface area contributed by atoms with E-state index in [1.165, 1.54) is 12.1 Å². The molecule has 1 saturated carbocycles. The number of hydrogen-bond donors (Lipinski definition) is 2. The minimum absolute atomic E-state index is 0. The highest BCUT2D eigenvalue weighted by molar-refractivity contribution is 5.86. The lowest BCUT2D eigenvalue weighted by Crippen LogP contribution is -2.57. The maximum Gasteiger partial charge on any atom is 0.240 e. The third kappa shape index (κ3) is 3.54. The zero-order chi connectivity index (χ0) is 14.2. The highest BCUT2D eigenvalue weighted by Crippen LogP contribution is 2.41. The summed E-state index contributed by atoms with van der Waals surface area (Å²) in [4.78, 5) is 12.2. The zero-order valence-electron chi connectivity index (χ0n) is 11.7. The van der Waals surface area contributed by atoms with Crippen molar-refractivity contribution in [3.63, 3.8) is 0 Å². The molecule has 3 N–H and O–H groups in total. The van der Waals surface area contributed by atoms with E-state index in [9.17, 15) is 9.18 Å². The van der Waals surface area contributed by atoms with Crippen molar-refractivity contribution in [1.29, 1.82) is 0 Å². The normalized spacial score (nSPS) is 26.6. The van der Waals surface area contributed by atoms with E-state index in [2.05, 4.69) is 5.32 Å². The third-order valence-electron chi connectivity index (χ3n) is 4.22. The summed E-state index contributed by atoms with van der Waals surface area (Å²) in [5.74, 6) is -0.137. The Hall–Kier alpha value is -1.17. The van der Waals surface area contributed by atoms with Crippen molar-refractivity contribution in [2.75, 3.05) is 13.2 Å². The summed E-state index contributed by atoms with van der Waals surface area (Å²) in [5, 5.41) is 2.99. The van der Waals surface area contributed by atoms with Crippen LogP contribution in [0.15, 0.2) is 24.3 Å². The fraction of sp³-hybridized carbons (Fsp3) is 0.533. The maximum absolute atomic E-state index is 13.2. The fourth-order valence-electron chi connectivity index (χ4n) is 2.73. The van der Waals surface area contributed by atoms with Gasteiger partial charge in [0, 0.05) is 25.2 Å². The highest BCUT2D eigenvalue weighted by atomic mass is 35.5. The van der Waals surface area contributed by atoms with Crippen LogP contribution in [0.5, 0.6) is 0 Å². The summed E-state index contributed by atoms with van der Waals surface area (Å²) in [6, 6.07) is 6.63. The summed E-state index contributed by atoms with van der Waals surface area (Å²) < 4.78 is 18.4. The smallest absolute Gasteiger partial charge is 0.240 e. The molecular weight excluding hydrogens is 295 g/mol. The molecule has 21 heavy (non-hydrogen) atoms. The average molecular weight is 315 g/mol. The van der Waals surface area contributed by atoms with E-state index in [0.29, 0.717) is 26.1 Å². The molecule has 2 fully saturated rings. The second kappa shape index (κ2) is 6.30. The second-order valence-electron chi connectivity index (χ2n) is 5.75. The van der Waals surface area contributed by atoms with Gasteiger partial charge in [0.05, 0.1) is 5.54 Å². The van der Waals surface area contributed by atoms with Gasteiger partial charge in [0.25, 0.3) is 0 Å². The summed E-state index contributed by atoms with van der Waals surface area (Å²) in [7, 11) is 0. The second-order valence-corrected chi connectivity index (χ2v) is 5.75. The molecule has 2 atom stereocenters. The molecule has 1 heterocycles. The average Bonchev–Trinajstić information content (AvgIpc) is 3.19. The molecule has 1 aromatic rings. The van der Waals surface area contributed by atoms with Crippen LogP contribution in [0.25, 0.3) is 0 Å². The van der Waals surface area contributed by atoms with E-state index in [1.54, 1.807) is 6.07 Å². The highest BCUT2D eigenvalue weighted by Gasteiger charge is 2.44. The number of carbonyl (C=O) groups excluding carboxylic acids is 1. The van der Waals surface area contributed by atoms with Gasteiger partial charge in [0.2, 0.25) is 5.91 Å². The van der Waals surface area contributed by atoms with E-state index >= 15 is 0 Å². The van der Waals surface area contributed by atoms with Gasteiger partial charge in [-0.1, -0.05) is 12.1 Å². The van der Waals surface area contributed by atoms with E-state index in [0.717, 1.165) is 12.0 Å². The van der Waals surface area contributed by atoms with Crippen LogP contribution in [0, 0.1) is 5.82 Å². The molecule has 1 aliphatic heterocycles. The molecule has 1 aromatic carbocycles. The number of ether oxygens (including phenoxy) is 1. The lowest BCUT2D eigenvalue weighted by molar-refractivity contribution is -0.129. The Labute approximate surface area is 129 Å². The molecule has 0 aromatic heterocycles. The molecule has 1 saturated heterocycles. The van der Waals surface area contributed by atoms with Crippen LogP contribution in [0.4, 0.5) is 4.39 Å². The number of nitrogens with one attached hydrogen (secondary N) is 1. The largest absolute Gasteiger partial charge is 0.381 e. The van der Waals surface area contributed by atoms with Gasteiger partial charge in [0.1, 0.15) is 5.82 Å². The van der Waals surface area contributed by atoms with Crippen molar-refractivity contribution >= 4 is 18.3 Å². The number of halogens is 2. The Morgan fingerprint density at radius 1 is 1.38 bits per heavy atom. The molecule has 4 nitrogen and oxygen atoms in total. The number of benzene rings is 1. The van der Waals surface area contributed by atoms with E-state index in [1.807, 2.05) is 6.07 Å². The van der Waals surface area contributed by atoms with Gasteiger partial charge in [0.15, 0.2) is 0 Å². The molecular formula is C15H20ClFN2O2. The zero-order valence-corrected chi connectivity index (χ0v) is 12.5. The quantitative estimate of drug-likeness (QED) is 0.893. The lowest BCUT2D eigenvalue weighted by Gasteiger charge is -2.31. The summed E-state index contributed by atoms with van der Waals surface area (Å²) in [6.45, 7) is 1.06. The Balaban J connectivity index is 0.00000161. The van der Waals surface area contributed by atoms with E-state index < -0.39 is 5.54 Å². The van der Waals surface area contributed by atoms with Crippen molar-refractivity contribution < 1.29 is 13.9 Å². The molecule has 3 rings (SSSR count). The number of nitrogens with two attached hydrogens (primary N) is 1. The first-order valence-corrected chi connectivity index (χ1v) is 7.01. The first-order chi connectivity index (χ1) is 9.58. The summed E-state index contributed by atoms with van der Waals surface area (Å²) >= 11 is 0. The van der Waals surface area contributed by atoms with Gasteiger partial charge in [-0.2, -0.15) is 0 Å². The summed E-state index contributed by atoms with van der Waals surface area (Å²) in [6.07, 6.45) is 1.95. The predicted molar refractivity (Wildman–Crippen MR) is 79.9 cm³/mol. The van der Waals surface area contributed by atoms with Gasteiger partial charge in [-0.3, -0.25) is 4.79 Å². The molecule has 1 aliphatic carbocycles. The van der Waals surface area contributed by atoms with E-state index in [4.69, 9.17) is 10.5 Å². The minimum atomic E-state index is -0.812. The minimum Gasteiger partial charge on any atom is -0.381 e. The van der Waals surface area contributed by atoms with Crippen molar-refractivity contribution in [2.45, 2.75) is 36.8 Å². The maximum atomic E-state index is 13.2. The summed E-state index contributed by atoms with van der Waals surface area (Å²) in [5.41, 5.74) is 6.26.